The van der Waals surface area contributed by atoms with E-state index in [1.54, 1.807) is 13.8 Å². The molecule has 0 fully saturated rings. The number of carbonyl (C=O) groups excluding carboxylic acids is 1. The quantitative estimate of drug-likeness (QED) is 0.538. The number of nitrogens with two attached hydrogens (primary N) is 1. The van der Waals surface area contributed by atoms with E-state index in [0.717, 1.165) is 24.2 Å². The molecule has 1 atom stereocenters. The summed E-state index contributed by atoms with van der Waals surface area (Å²) in [6.45, 7) is 4.41. The molecular formula is C16H25NO4. The van der Waals surface area contributed by atoms with Gasteiger partial charge in [0.25, 0.3) is 0 Å². The van der Waals surface area contributed by atoms with E-state index in [9.17, 15) is 4.79 Å². The molecule has 0 saturated carbocycles. The van der Waals surface area contributed by atoms with E-state index < -0.39 is 5.54 Å². The van der Waals surface area contributed by atoms with Gasteiger partial charge in [0.15, 0.2) is 0 Å². The molecule has 0 amide bonds. The van der Waals surface area contributed by atoms with Crippen molar-refractivity contribution in [2.24, 2.45) is 5.73 Å². The van der Waals surface area contributed by atoms with Crippen molar-refractivity contribution in [2.45, 2.75) is 45.3 Å². The standard InChI is InChI=1S/C16H25NO4/c1-3-20-15(19)16(2,17)10-4-5-11-21-14-8-6-13(12-18)7-9-14/h6-9,18H,3-5,10-12,17H2,1-2H3. The van der Waals surface area contributed by atoms with Crippen LogP contribution in [0.15, 0.2) is 24.3 Å². The molecule has 0 radical (unpaired) electrons. The van der Waals surface area contributed by atoms with Gasteiger partial charge in [-0.1, -0.05) is 12.1 Å². The van der Waals surface area contributed by atoms with E-state index in [2.05, 4.69) is 0 Å². The van der Waals surface area contributed by atoms with E-state index in [1.165, 1.54) is 0 Å². The fraction of sp³-hybridized carbons (Fsp3) is 0.562. The molecule has 0 saturated heterocycles. The van der Waals surface area contributed by atoms with Crippen LogP contribution in [0.1, 0.15) is 38.7 Å². The van der Waals surface area contributed by atoms with E-state index in [0.29, 0.717) is 19.6 Å². The number of ether oxygens (including phenoxy) is 2. The summed E-state index contributed by atoms with van der Waals surface area (Å²) in [6.07, 6.45) is 2.17. The zero-order valence-electron chi connectivity index (χ0n) is 12.8. The molecule has 0 aliphatic rings. The second kappa shape index (κ2) is 8.64. The van der Waals surface area contributed by atoms with Crippen molar-refractivity contribution >= 4 is 5.97 Å². The third-order valence-electron chi connectivity index (χ3n) is 3.21. The summed E-state index contributed by atoms with van der Waals surface area (Å²) in [5.74, 6) is 0.415. The first-order chi connectivity index (χ1) is 9.99. The molecule has 21 heavy (non-hydrogen) atoms. The van der Waals surface area contributed by atoms with Gasteiger partial charge in [-0.25, -0.2) is 0 Å². The van der Waals surface area contributed by atoms with Crippen LogP contribution in [0.25, 0.3) is 0 Å². The van der Waals surface area contributed by atoms with Gasteiger partial charge >= 0.3 is 5.97 Å². The van der Waals surface area contributed by atoms with E-state index in [1.807, 2.05) is 24.3 Å². The predicted molar refractivity (Wildman–Crippen MR) is 80.9 cm³/mol. The Morgan fingerprint density at radius 3 is 2.52 bits per heavy atom. The lowest BCUT2D eigenvalue weighted by Crippen LogP contribution is -2.46. The second-order valence-electron chi connectivity index (χ2n) is 5.25. The minimum Gasteiger partial charge on any atom is -0.494 e. The number of rotatable bonds is 9. The molecule has 0 heterocycles. The molecule has 5 heteroatoms. The van der Waals surface area contributed by atoms with Gasteiger partial charge in [-0.2, -0.15) is 0 Å². The molecule has 0 spiro atoms. The van der Waals surface area contributed by atoms with Gasteiger partial charge in [0.05, 0.1) is 19.8 Å². The minimum absolute atomic E-state index is 0.0310. The lowest BCUT2D eigenvalue weighted by molar-refractivity contribution is -0.149. The summed E-state index contributed by atoms with van der Waals surface area (Å²) in [6, 6.07) is 7.31. The van der Waals surface area contributed by atoms with E-state index in [-0.39, 0.29) is 12.6 Å². The monoisotopic (exact) mass is 295 g/mol. The topological polar surface area (TPSA) is 81.8 Å². The van der Waals surface area contributed by atoms with Crippen LogP contribution in [0.5, 0.6) is 5.75 Å². The van der Waals surface area contributed by atoms with Crippen LogP contribution in [-0.2, 0) is 16.1 Å². The van der Waals surface area contributed by atoms with E-state index >= 15 is 0 Å². The molecular weight excluding hydrogens is 270 g/mol. The highest BCUT2D eigenvalue weighted by Gasteiger charge is 2.28. The van der Waals surface area contributed by atoms with Gasteiger partial charge in [-0.3, -0.25) is 4.79 Å². The zero-order chi connectivity index (χ0) is 15.7. The van der Waals surface area contributed by atoms with Gasteiger partial charge in [0.2, 0.25) is 0 Å². The maximum atomic E-state index is 11.6. The van der Waals surface area contributed by atoms with Crippen LogP contribution in [0.3, 0.4) is 0 Å². The Hall–Kier alpha value is -1.59. The molecule has 0 aliphatic carbocycles. The molecule has 0 aliphatic heterocycles. The van der Waals surface area contributed by atoms with Crippen LogP contribution in [0.2, 0.25) is 0 Å². The van der Waals surface area contributed by atoms with Crippen molar-refractivity contribution in [3.63, 3.8) is 0 Å². The molecule has 0 aromatic heterocycles. The molecule has 3 N–H and O–H groups in total. The Labute approximate surface area is 126 Å². The first-order valence-corrected chi connectivity index (χ1v) is 7.28. The molecule has 118 valence electrons. The van der Waals surface area contributed by atoms with Crippen LogP contribution >= 0.6 is 0 Å². The first-order valence-electron chi connectivity index (χ1n) is 7.28. The number of unbranched alkanes of at least 4 members (excludes halogenated alkanes) is 1. The Kier molecular flexibility index (Phi) is 7.19. The van der Waals surface area contributed by atoms with Gasteiger partial charge in [-0.05, 0) is 50.8 Å². The Morgan fingerprint density at radius 2 is 1.95 bits per heavy atom. The van der Waals surface area contributed by atoms with Crippen LogP contribution in [0, 0.1) is 0 Å². The van der Waals surface area contributed by atoms with Crippen molar-refractivity contribution in [3.8, 4) is 5.75 Å². The zero-order valence-corrected chi connectivity index (χ0v) is 12.8. The van der Waals surface area contributed by atoms with Crippen LogP contribution in [-0.4, -0.2) is 29.8 Å². The SMILES string of the molecule is CCOC(=O)C(C)(N)CCCCOc1ccc(CO)cc1. The molecule has 5 nitrogen and oxygen atoms in total. The number of carbonyl (C=O) groups is 1. The fourth-order valence-corrected chi connectivity index (χ4v) is 1.87. The van der Waals surface area contributed by atoms with Gasteiger partial charge in [0.1, 0.15) is 11.3 Å². The minimum atomic E-state index is -0.932. The van der Waals surface area contributed by atoms with Crippen molar-refractivity contribution in [2.75, 3.05) is 13.2 Å². The van der Waals surface area contributed by atoms with Crippen molar-refractivity contribution in [3.05, 3.63) is 29.8 Å². The van der Waals surface area contributed by atoms with Gasteiger partial charge in [0, 0.05) is 0 Å². The average Bonchev–Trinajstić information content (AvgIpc) is 2.47. The summed E-state index contributed by atoms with van der Waals surface area (Å²) in [4.78, 5) is 11.6. The Balaban J connectivity index is 2.23. The highest BCUT2D eigenvalue weighted by molar-refractivity contribution is 5.79. The number of aliphatic hydroxyl groups is 1. The highest BCUT2D eigenvalue weighted by atomic mass is 16.5. The lowest BCUT2D eigenvalue weighted by Gasteiger charge is -2.21. The molecule has 1 aromatic carbocycles. The van der Waals surface area contributed by atoms with E-state index in [4.69, 9.17) is 20.3 Å². The third-order valence-corrected chi connectivity index (χ3v) is 3.21. The van der Waals surface area contributed by atoms with Gasteiger partial charge in [-0.15, -0.1) is 0 Å². The summed E-state index contributed by atoms with van der Waals surface area (Å²) in [7, 11) is 0. The smallest absolute Gasteiger partial charge is 0.325 e. The van der Waals surface area contributed by atoms with Crippen molar-refractivity contribution in [1.82, 2.24) is 0 Å². The molecule has 1 rings (SSSR count). The number of benzene rings is 1. The summed E-state index contributed by atoms with van der Waals surface area (Å²) >= 11 is 0. The lowest BCUT2D eigenvalue weighted by atomic mass is 9.96. The number of esters is 1. The second-order valence-corrected chi connectivity index (χ2v) is 5.25. The number of aliphatic hydroxyl groups excluding tert-OH is 1. The average molecular weight is 295 g/mol. The summed E-state index contributed by atoms with van der Waals surface area (Å²) < 4.78 is 10.5. The molecule has 0 bridgehead atoms. The van der Waals surface area contributed by atoms with Crippen molar-refractivity contribution < 1.29 is 19.4 Å². The maximum absolute atomic E-state index is 11.6. The number of hydrogen-bond acceptors (Lipinski definition) is 5. The van der Waals surface area contributed by atoms with Gasteiger partial charge < -0.3 is 20.3 Å². The Bertz CT molecular complexity index is 428. The van der Waals surface area contributed by atoms with Crippen LogP contribution < -0.4 is 10.5 Å². The normalized spacial score (nSPS) is 13.5. The molecule has 1 unspecified atom stereocenters. The fourth-order valence-electron chi connectivity index (χ4n) is 1.87. The summed E-state index contributed by atoms with van der Waals surface area (Å²) in [5, 5.41) is 8.94. The maximum Gasteiger partial charge on any atom is 0.325 e. The summed E-state index contributed by atoms with van der Waals surface area (Å²) in [5.41, 5.74) is 5.86. The molecule has 1 aromatic rings. The number of hydrogen-bond donors (Lipinski definition) is 2. The Morgan fingerprint density at radius 1 is 1.29 bits per heavy atom. The first kappa shape index (κ1) is 17.5. The third kappa shape index (κ3) is 6.14. The van der Waals surface area contributed by atoms with Crippen molar-refractivity contribution in [1.29, 1.82) is 0 Å². The largest absolute Gasteiger partial charge is 0.494 e. The van der Waals surface area contributed by atoms with Crippen LogP contribution in [0.4, 0.5) is 0 Å². The highest BCUT2D eigenvalue weighted by Crippen LogP contribution is 2.15. The predicted octanol–water partition coefficient (Wildman–Crippen LogP) is 2.01.